The van der Waals surface area contributed by atoms with E-state index in [0.29, 0.717) is 5.69 Å². The summed E-state index contributed by atoms with van der Waals surface area (Å²) < 4.78 is 21.4. The standard InChI is InChI=1S/C23H21BBrN3O5/c1-14(31-2)16-10-6-7-11-17(16)24-32-19-18-12-13-23(25,20(19)33-24)28-22(30)26(21(29)27(18)28)15-8-4-3-5-9-15/h3-14,18-20H,1-2H3/t14-,18+,19+,20+,23-/m1/s1. The van der Waals surface area contributed by atoms with Crippen LogP contribution in [0.4, 0.5) is 0 Å². The Morgan fingerprint density at radius 1 is 1.06 bits per heavy atom. The van der Waals surface area contributed by atoms with Crippen molar-refractivity contribution < 1.29 is 14.0 Å². The van der Waals surface area contributed by atoms with E-state index in [0.717, 1.165) is 11.0 Å². The molecule has 0 spiro atoms. The van der Waals surface area contributed by atoms with Gasteiger partial charge >= 0.3 is 18.5 Å². The quantitative estimate of drug-likeness (QED) is 0.305. The molecule has 168 valence electrons. The molecule has 3 aromatic rings. The molecule has 3 aliphatic heterocycles. The minimum absolute atomic E-state index is 0.140. The third-order valence-electron chi connectivity index (χ3n) is 6.75. The van der Waals surface area contributed by atoms with Crippen LogP contribution in [-0.4, -0.2) is 40.4 Å². The number of methoxy groups -OCH3 is 1. The number of hydrogen-bond donors (Lipinski definition) is 0. The normalized spacial score (nSPS) is 28.1. The van der Waals surface area contributed by atoms with E-state index in [1.165, 1.54) is 13.9 Å². The monoisotopic (exact) mass is 509 g/mol. The second-order valence-corrected chi connectivity index (χ2v) is 9.74. The van der Waals surface area contributed by atoms with Crippen LogP contribution in [0.3, 0.4) is 0 Å². The number of aromatic nitrogens is 3. The summed E-state index contributed by atoms with van der Waals surface area (Å²) in [5.74, 6) is 0. The predicted molar refractivity (Wildman–Crippen MR) is 126 cm³/mol. The van der Waals surface area contributed by atoms with Gasteiger partial charge in [0.1, 0.15) is 12.1 Å². The van der Waals surface area contributed by atoms with Crippen LogP contribution >= 0.6 is 15.9 Å². The first-order chi connectivity index (χ1) is 16.0. The number of ether oxygens (including phenoxy) is 1. The van der Waals surface area contributed by atoms with Gasteiger partial charge in [0, 0.05) is 7.11 Å². The molecule has 0 amide bonds. The number of alkyl halides is 1. The summed E-state index contributed by atoms with van der Waals surface area (Å²) in [6, 6.07) is 16.3. The van der Waals surface area contributed by atoms with Crippen LogP contribution in [0.25, 0.3) is 5.69 Å². The zero-order chi connectivity index (χ0) is 22.9. The van der Waals surface area contributed by atoms with Gasteiger partial charge in [-0.15, -0.1) is 0 Å². The van der Waals surface area contributed by atoms with Gasteiger partial charge in [-0.2, -0.15) is 0 Å². The van der Waals surface area contributed by atoms with Crippen molar-refractivity contribution in [3.05, 3.63) is 93.3 Å². The number of halogens is 1. The smallest absolute Gasteiger partial charge is 0.399 e. The lowest BCUT2D eigenvalue weighted by Crippen LogP contribution is -2.61. The van der Waals surface area contributed by atoms with E-state index in [1.807, 2.05) is 49.4 Å². The average molecular weight is 510 g/mol. The molecule has 5 atom stereocenters. The van der Waals surface area contributed by atoms with Crippen LogP contribution in [-0.2, 0) is 18.5 Å². The van der Waals surface area contributed by atoms with Gasteiger partial charge in [0.2, 0.25) is 0 Å². The van der Waals surface area contributed by atoms with Gasteiger partial charge in [-0.25, -0.2) is 23.5 Å². The molecule has 1 aliphatic carbocycles. The molecule has 1 fully saturated rings. The van der Waals surface area contributed by atoms with E-state index in [9.17, 15) is 9.59 Å². The van der Waals surface area contributed by atoms with Crippen molar-refractivity contribution in [3.63, 3.8) is 0 Å². The fourth-order valence-electron chi connectivity index (χ4n) is 5.09. The van der Waals surface area contributed by atoms with Crippen molar-refractivity contribution in [1.29, 1.82) is 0 Å². The van der Waals surface area contributed by atoms with Crippen LogP contribution < -0.4 is 16.8 Å². The Balaban J connectivity index is 1.45. The van der Waals surface area contributed by atoms with Crippen molar-refractivity contribution in [2.45, 2.75) is 35.7 Å². The first-order valence-corrected chi connectivity index (χ1v) is 11.6. The summed E-state index contributed by atoms with van der Waals surface area (Å²) in [6.45, 7) is 1.97. The molecule has 1 saturated heterocycles. The molecule has 33 heavy (non-hydrogen) atoms. The van der Waals surface area contributed by atoms with E-state index in [4.69, 9.17) is 14.0 Å². The van der Waals surface area contributed by atoms with Crippen molar-refractivity contribution in [1.82, 2.24) is 13.9 Å². The lowest BCUT2D eigenvalue weighted by atomic mass is 9.75. The average Bonchev–Trinajstić information content (AvgIpc) is 3.41. The van der Waals surface area contributed by atoms with Crippen LogP contribution in [0.15, 0.2) is 76.3 Å². The van der Waals surface area contributed by atoms with Gasteiger partial charge in [-0.1, -0.05) is 64.5 Å². The maximum Gasteiger partial charge on any atom is 0.495 e. The topological polar surface area (TPSA) is 76.6 Å². The summed E-state index contributed by atoms with van der Waals surface area (Å²) in [6.07, 6.45) is 2.69. The first kappa shape index (κ1) is 20.9. The molecule has 0 unspecified atom stereocenters. The second kappa shape index (κ2) is 7.43. The highest BCUT2D eigenvalue weighted by Gasteiger charge is 2.61. The molecule has 4 aliphatic rings. The molecular weight excluding hydrogens is 489 g/mol. The minimum Gasteiger partial charge on any atom is -0.399 e. The van der Waals surface area contributed by atoms with Gasteiger partial charge in [0.15, 0.2) is 4.45 Å². The SMILES string of the molecule is CO[C@H](C)c1ccccc1B1O[C@H]2[C@@H]3C=C[C@](Br)([C@H]2O1)n1c(=O)n(-c2ccccc2)c(=O)n13. The van der Waals surface area contributed by atoms with Gasteiger partial charge < -0.3 is 14.0 Å². The van der Waals surface area contributed by atoms with E-state index in [1.54, 1.807) is 31.4 Å². The first-order valence-electron chi connectivity index (χ1n) is 10.8. The molecule has 10 heteroatoms. The fourth-order valence-corrected chi connectivity index (χ4v) is 5.93. The number of para-hydroxylation sites is 1. The zero-order valence-corrected chi connectivity index (χ0v) is 19.6. The Bertz CT molecular complexity index is 1380. The predicted octanol–water partition coefficient (Wildman–Crippen LogP) is 1.86. The summed E-state index contributed by atoms with van der Waals surface area (Å²) in [5, 5.41) is 0. The van der Waals surface area contributed by atoms with Crippen molar-refractivity contribution in [2.75, 3.05) is 7.11 Å². The molecular formula is C23H21BBrN3O5. The maximum atomic E-state index is 13.5. The van der Waals surface area contributed by atoms with Crippen molar-refractivity contribution in [2.24, 2.45) is 0 Å². The summed E-state index contributed by atoms with van der Waals surface area (Å²) in [5.41, 5.74) is 1.51. The Morgan fingerprint density at radius 2 is 1.79 bits per heavy atom. The van der Waals surface area contributed by atoms with Gasteiger partial charge in [-0.05, 0) is 36.2 Å². The van der Waals surface area contributed by atoms with Crippen LogP contribution in [0, 0.1) is 0 Å². The Labute approximate surface area is 198 Å². The van der Waals surface area contributed by atoms with Gasteiger partial charge in [0.05, 0.1) is 17.9 Å². The second-order valence-electron chi connectivity index (χ2n) is 8.47. The molecule has 0 radical (unpaired) electrons. The van der Waals surface area contributed by atoms with E-state index < -0.39 is 41.2 Å². The molecule has 4 heterocycles. The summed E-state index contributed by atoms with van der Waals surface area (Å²) in [7, 11) is 1.01. The number of hydrogen-bond acceptors (Lipinski definition) is 5. The highest BCUT2D eigenvalue weighted by atomic mass is 79.9. The van der Waals surface area contributed by atoms with Crippen LogP contribution in [0.1, 0.15) is 24.6 Å². The van der Waals surface area contributed by atoms with E-state index in [2.05, 4.69) is 15.9 Å². The summed E-state index contributed by atoms with van der Waals surface area (Å²) >= 11 is 3.74. The zero-order valence-electron chi connectivity index (χ0n) is 18.0. The molecule has 7 rings (SSSR count). The maximum absolute atomic E-state index is 13.5. The molecule has 0 saturated carbocycles. The van der Waals surface area contributed by atoms with Crippen molar-refractivity contribution >= 4 is 28.5 Å². The lowest BCUT2D eigenvalue weighted by molar-refractivity contribution is 0.0151. The highest BCUT2D eigenvalue weighted by molar-refractivity contribution is 9.09. The van der Waals surface area contributed by atoms with E-state index >= 15 is 0 Å². The molecule has 8 nitrogen and oxygen atoms in total. The minimum atomic E-state index is -1.06. The highest BCUT2D eigenvalue weighted by Crippen LogP contribution is 2.49. The molecule has 2 bridgehead atoms. The lowest BCUT2D eigenvalue weighted by Gasteiger charge is -2.46. The number of nitrogens with zero attached hydrogens (tertiary/aromatic N) is 3. The Morgan fingerprint density at radius 3 is 2.55 bits per heavy atom. The van der Waals surface area contributed by atoms with Crippen LogP contribution in [0.5, 0.6) is 0 Å². The molecule has 1 aromatic heterocycles. The summed E-state index contributed by atoms with van der Waals surface area (Å²) in [4.78, 5) is 26.9. The van der Waals surface area contributed by atoms with Crippen LogP contribution in [0.2, 0.25) is 0 Å². The number of benzene rings is 2. The largest absolute Gasteiger partial charge is 0.495 e. The third-order valence-corrected chi connectivity index (χ3v) is 7.80. The van der Waals surface area contributed by atoms with E-state index in [-0.39, 0.29) is 6.10 Å². The fraction of sp³-hybridized carbons (Fsp3) is 0.304. The number of rotatable bonds is 4. The van der Waals surface area contributed by atoms with Gasteiger partial charge in [-0.3, -0.25) is 0 Å². The third kappa shape index (κ3) is 2.81. The Hall–Kier alpha value is -2.66. The molecule has 0 N–H and O–H groups in total. The van der Waals surface area contributed by atoms with Crippen molar-refractivity contribution in [3.8, 4) is 5.69 Å². The van der Waals surface area contributed by atoms with Gasteiger partial charge in [0.25, 0.3) is 0 Å². The Kier molecular flexibility index (Phi) is 4.71. The molecule has 2 aromatic carbocycles.